The normalized spacial score (nSPS) is 11.6. The summed E-state index contributed by atoms with van der Waals surface area (Å²) in [5, 5.41) is 12.5. The van der Waals surface area contributed by atoms with Crippen LogP contribution in [0.25, 0.3) is 0 Å². The number of rotatable bonds is 5. The molecule has 0 bridgehead atoms. The van der Waals surface area contributed by atoms with Crippen molar-refractivity contribution in [1.29, 1.82) is 5.26 Å². The molecule has 0 aliphatic heterocycles. The molecular formula is C19H21N3OS. The Morgan fingerprint density at radius 1 is 1.25 bits per heavy atom. The molecule has 1 aromatic heterocycles. The standard InChI is InChI=1S/C19H21N3OS/c1-5-17(24-19-15(11-20)8-7-14(4)21-19)18(23)22-16-9-6-12(2)13(3)10-16/h6-10,17H,5H2,1-4H3,(H,22,23). The predicted molar refractivity (Wildman–Crippen MR) is 98.2 cm³/mol. The molecule has 1 heterocycles. The number of hydrogen-bond donors (Lipinski definition) is 1. The summed E-state index contributed by atoms with van der Waals surface area (Å²) in [5.74, 6) is -0.0713. The molecule has 5 heteroatoms. The van der Waals surface area contributed by atoms with Crippen molar-refractivity contribution < 1.29 is 4.79 Å². The van der Waals surface area contributed by atoms with Crippen molar-refractivity contribution >= 4 is 23.4 Å². The molecule has 0 fully saturated rings. The Morgan fingerprint density at radius 2 is 2.00 bits per heavy atom. The van der Waals surface area contributed by atoms with E-state index in [-0.39, 0.29) is 11.2 Å². The number of benzene rings is 1. The number of pyridine rings is 1. The topological polar surface area (TPSA) is 65.8 Å². The van der Waals surface area contributed by atoms with Gasteiger partial charge >= 0.3 is 0 Å². The van der Waals surface area contributed by atoms with Crippen molar-refractivity contribution in [3.05, 3.63) is 52.7 Å². The predicted octanol–water partition coefficient (Wildman–Crippen LogP) is 4.39. The quantitative estimate of drug-likeness (QED) is 0.821. The first-order valence-corrected chi connectivity index (χ1v) is 8.75. The lowest BCUT2D eigenvalue weighted by molar-refractivity contribution is -0.115. The van der Waals surface area contributed by atoms with Gasteiger partial charge in [-0.25, -0.2) is 4.98 Å². The number of nitrogens with one attached hydrogen (secondary N) is 1. The summed E-state index contributed by atoms with van der Waals surface area (Å²) in [6.07, 6.45) is 0.655. The molecule has 0 radical (unpaired) electrons. The highest BCUT2D eigenvalue weighted by atomic mass is 32.2. The lowest BCUT2D eigenvalue weighted by atomic mass is 10.1. The van der Waals surface area contributed by atoms with Gasteiger partial charge in [-0.15, -0.1) is 0 Å². The summed E-state index contributed by atoms with van der Waals surface area (Å²) in [4.78, 5) is 17.0. The molecule has 1 aromatic carbocycles. The minimum Gasteiger partial charge on any atom is -0.325 e. The van der Waals surface area contributed by atoms with Crippen LogP contribution < -0.4 is 5.32 Å². The van der Waals surface area contributed by atoms with E-state index < -0.39 is 0 Å². The summed E-state index contributed by atoms with van der Waals surface area (Å²) in [6, 6.07) is 11.6. The molecule has 4 nitrogen and oxygen atoms in total. The molecule has 1 atom stereocenters. The van der Waals surface area contributed by atoms with Crippen LogP contribution in [-0.2, 0) is 4.79 Å². The van der Waals surface area contributed by atoms with E-state index in [0.717, 1.165) is 16.9 Å². The number of nitrogens with zero attached hydrogens (tertiary/aromatic N) is 2. The maximum atomic E-state index is 12.6. The van der Waals surface area contributed by atoms with Gasteiger partial charge in [-0.05, 0) is 62.6 Å². The van der Waals surface area contributed by atoms with E-state index in [1.807, 2.05) is 45.9 Å². The lowest BCUT2D eigenvalue weighted by Gasteiger charge is -2.15. The number of aryl methyl sites for hydroxylation is 3. The van der Waals surface area contributed by atoms with Crippen molar-refractivity contribution in [3.63, 3.8) is 0 Å². The molecule has 1 amide bonds. The first-order valence-electron chi connectivity index (χ1n) is 7.87. The average Bonchev–Trinajstić information content (AvgIpc) is 2.56. The lowest BCUT2D eigenvalue weighted by Crippen LogP contribution is -2.24. The smallest absolute Gasteiger partial charge is 0.237 e. The molecule has 0 aliphatic rings. The molecule has 24 heavy (non-hydrogen) atoms. The van der Waals surface area contributed by atoms with E-state index in [4.69, 9.17) is 0 Å². The van der Waals surface area contributed by atoms with Gasteiger partial charge in [0.15, 0.2) is 0 Å². The third-order valence-corrected chi connectivity index (χ3v) is 5.18. The zero-order chi connectivity index (χ0) is 17.7. The molecule has 1 N–H and O–H groups in total. The number of thioether (sulfide) groups is 1. The van der Waals surface area contributed by atoms with Gasteiger partial charge in [-0.3, -0.25) is 4.79 Å². The highest BCUT2D eigenvalue weighted by Gasteiger charge is 2.20. The Balaban J connectivity index is 2.16. The van der Waals surface area contributed by atoms with Crippen LogP contribution in [0.3, 0.4) is 0 Å². The molecule has 1 unspecified atom stereocenters. The summed E-state index contributed by atoms with van der Waals surface area (Å²) >= 11 is 1.34. The fourth-order valence-electron chi connectivity index (χ4n) is 2.21. The Morgan fingerprint density at radius 3 is 2.62 bits per heavy atom. The van der Waals surface area contributed by atoms with Gasteiger partial charge in [-0.1, -0.05) is 24.8 Å². The molecule has 0 aliphatic carbocycles. The van der Waals surface area contributed by atoms with Crippen molar-refractivity contribution in [2.45, 2.75) is 44.4 Å². The third kappa shape index (κ3) is 4.36. The summed E-state index contributed by atoms with van der Waals surface area (Å²) in [6.45, 7) is 7.90. The van der Waals surface area contributed by atoms with Crippen LogP contribution in [-0.4, -0.2) is 16.1 Å². The largest absolute Gasteiger partial charge is 0.325 e. The Labute approximate surface area is 147 Å². The minimum atomic E-state index is -0.298. The van der Waals surface area contributed by atoms with E-state index >= 15 is 0 Å². The van der Waals surface area contributed by atoms with Crippen LogP contribution in [0.1, 0.15) is 35.7 Å². The number of carbonyl (C=O) groups excluding carboxylic acids is 1. The number of carbonyl (C=O) groups is 1. The number of hydrogen-bond acceptors (Lipinski definition) is 4. The highest BCUT2D eigenvalue weighted by Crippen LogP contribution is 2.28. The van der Waals surface area contributed by atoms with Gasteiger partial charge in [0.1, 0.15) is 11.1 Å². The van der Waals surface area contributed by atoms with Crippen LogP contribution in [0.5, 0.6) is 0 Å². The van der Waals surface area contributed by atoms with Crippen LogP contribution in [0.15, 0.2) is 35.4 Å². The van der Waals surface area contributed by atoms with E-state index in [9.17, 15) is 10.1 Å². The number of aromatic nitrogens is 1. The SMILES string of the molecule is CCC(Sc1nc(C)ccc1C#N)C(=O)Nc1ccc(C)c(C)c1. The summed E-state index contributed by atoms with van der Waals surface area (Å²) in [7, 11) is 0. The van der Waals surface area contributed by atoms with Crippen molar-refractivity contribution in [3.8, 4) is 6.07 Å². The second-order valence-corrected chi connectivity index (χ2v) is 6.91. The summed E-state index contributed by atoms with van der Waals surface area (Å²) in [5.41, 5.74) is 4.46. The van der Waals surface area contributed by atoms with Crippen LogP contribution in [0.4, 0.5) is 5.69 Å². The van der Waals surface area contributed by atoms with E-state index in [1.165, 1.54) is 17.3 Å². The second kappa shape index (κ2) is 7.98. The summed E-state index contributed by atoms with van der Waals surface area (Å²) < 4.78 is 0. The van der Waals surface area contributed by atoms with Gasteiger partial charge in [0, 0.05) is 11.4 Å². The molecule has 124 valence electrons. The maximum Gasteiger partial charge on any atom is 0.237 e. The van der Waals surface area contributed by atoms with Crippen molar-refractivity contribution in [2.24, 2.45) is 0 Å². The fourth-order valence-corrected chi connectivity index (χ4v) is 3.25. The Bertz CT molecular complexity index is 796. The van der Waals surface area contributed by atoms with E-state index in [1.54, 1.807) is 12.1 Å². The fraction of sp³-hybridized carbons (Fsp3) is 0.316. The van der Waals surface area contributed by atoms with Crippen LogP contribution in [0.2, 0.25) is 0 Å². The maximum absolute atomic E-state index is 12.6. The van der Waals surface area contributed by atoms with Crippen molar-refractivity contribution in [2.75, 3.05) is 5.32 Å². The van der Waals surface area contributed by atoms with Gasteiger partial charge in [0.05, 0.1) is 10.8 Å². The van der Waals surface area contributed by atoms with Gasteiger partial charge < -0.3 is 5.32 Å². The minimum absolute atomic E-state index is 0.0713. The van der Waals surface area contributed by atoms with E-state index in [0.29, 0.717) is 17.0 Å². The van der Waals surface area contributed by atoms with Gasteiger partial charge in [-0.2, -0.15) is 5.26 Å². The molecule has 0 spiro atoms. The number of anilines is 1. The van der Waals surface area contributed by atoms with Gasteiger partial charge in [0.2, 0.25) is 5.91 Å². The number of amides is 1. The number of nitriles is 1. The molecular weight excluding hydrogens is 318 g/mol. The monoisotopic (exact) mass is 339 g/mol. The zero-order valence-electron chi connectivity index (χ0n) is 14.4. The Hall–Kier alpha value is -2.32. The highest BCUT2D eigenvalue weighted by molar-refractivity contribution is 8.00. The Kier molecular flexibility index (Phi) is 5.99. The first kappa shape index (κ1) is 18.0. The second-order valence-electron chi connectivity index (χ2n) is 5.72. The van der Waals surface area contributed by atoms with Crippen molar-refractivity contribution in [1.82, 2.24) is 4.98 Å². The van der Waals surface area contributed by atoms with E-state index in [2.05, 4.69) is 16.4 Å². The van der Waals surface area contributed by atoms with Gasteiger partial charge in [0.25, 0.3) is 0 Å². The first-order chi connectivity index (χ1) is 11.4. The van der Waals surface area contributed by atoms with Crippen LogP contribution in [0, 0.1) is 32.1 Å². The molecule has 0 saturated heterocycles. The van der Waals surface area contributed by atoms with Crippen LogP contribution >= 0.6 is 11.8 Å². The molecule has 0 saturated carbocycles. The average molecular weight is 339 g/mol. The third-order valence-electron chi connectivity index (χ3n) is 3.81. The zero-order valence-corrected chi connectivity index (χ0v) is 15.2. The molecule has 2 rings (SSSR count). The molecule has 2 aromatic rings.